The van der Waals surface area contributed by atoms with Crippen LogP contribution in [0.4, 0.5) is 5.69 Å². The van der Waals surface area contributed by atoms with E-state index in [-0.39, 0.29) is 29.8 Å². The first-order valence-electron chi connectivity index (χ1n) is 15.7. The highest BCUT2D eigenvalue weighted by Crippen LogP contribution is 2.57. The molecule has 5 atom stereocenters. The van der Waals surface area contributed by atoms with Gasteiger partial charge in [0.2, 0.25) is 0 Å². The van der Waals surface area contributed by atoms with Crippen LogP contribution in [0.25, 0.3) is 0 Å². The summed E-state index contributed by atoms with van der Waals surface area (Å²) in [6.07, 6.45) is 9.32. The summed E-state index contributed by atoms with van der Waals surface area (Å²) in [5, 5.41) is 35.9. The minimum atomic E-state index is -1.80. The number of hydrogen-bond acceptors (Lipinski definition) is 9. The van der Waals surface area contributed by atoms with Gasteiger partial charge in [0.15, 0.2) is 0 Å². The second-order valence-electron chi connectivity index (χ2n) is 12.3. The van der Waals surface area contributed by atoms with Gasteiger partial charge >= 0.3 is 17.9 Å². The van der Waals surface area contributed by atoms with Crippen molar-refractivity contribution in [2.45, 2.75) is 77.4 Å². The number of unbranched alkanes of at least 4 members (excludes halogenated alkanes) is 3. The first kappa shape index (κ1) is 35.1. The number of nitrogens with zero attached hydrogens (tertiary/aromatic N) is 3. The van der Waals surface area contributed by atoms with Gasteiger partial charge in [0.1, 0.15) is 5.75 Å². The molecule has 252 valence electrons. The average Bonchev–Trinajstić information content (AvgIpc) is 3.56. The van der Waals surface area contributed by atoms with Gasteiger partial charge in [-0.15, -0.1) is 0 Å². The number of imidazole rings is 1. The van der Waals surface area contributed by atoms with Gasteiger partial charge in [0.05, 0.1) is 40.9 Å². The van der Waals surface area contributed by atoms with Crippen molar-refractivity contribution in [2.24, 2.45) is 10.8 Å². The van der Waals surface area contributed by atoms with Crippen molar-refractivity contribution < 1.29 is 39.0 Å². The first-order chi connectivity index (χ1) is 22.4. The third kappa shape index (κ3) is 7.62. The van der Waals surface area contributed by atoms with Crippen molar-refractivity contribution in [3.05, 3.63) is 88.5 Å². The van der Waals surface area contributed by atoms with Crippen molar-refractivity contribution >= 4 is 23.6 Å². The maximum atomic E-state index is 13.2. The Balaban J connectivity index is 1.41. The molecule has 1 fully saturated rings. The number of carbonyl (C=O) groups is 3. The van der Waals surface area contributed by atoms with E-state index in [1.54, 1.807) is 50.6 Å². The molecule has 0 saturated carbocycles. The van der Waals surface area contributed by atoms with Gasteiger partial charge in [-0.25, -0.2) is 9.78 Å². The van der Waals surface area contributed by atoms with Gasteiger partial charge in [-0.2, -0.15) is 0 Å². The molecule has 0 amide bonds. The van der Waals surface area contributed by atoms with Gasteiger partial charge in [0.25, 0.3) is 5.69 Å². The van der Waals surface area contributed by atoms with Gasteiger partial charge in [-0.1, -0.05) is 25.0 Å². The lowest BCUT2D eigenvalue weighted by molar-refractivity contribution is -0.385. The highest BCUT2D eigenvalue weighted by Gasteiger charge is 2.65. The lowest BCUT2D eigenvalue weighted by atomic mass is 9.51. The van der Waals surface area contributed by atoms with Crippen LogP contribution in [0.3, 0.4) is 0 Å². The average molecular weight is 651 g/mol. The number of benzene rings is 2. The number of nitro groups is 1. The molecule has 3 N–H and O–H groups in total. The summed E-state index contributed by atoms with van der Waals surface area (Å²) in [5.41, 5.74) is -3.31. The summed E-state index contributed by atoms with van der Waals surface area (Å²) < 4.78 is 13.4. The van der Waals surface area contributed by atoms with E-state index < -0.39 is 51.7 Å². The second-order valence-corrected chi connectivity index (χ2v) is 12.3. The number of nitro benzene ring substituents is 1. The molecule has 1 saturated heterocycles. The van der Waals surface area contributed by atoms with Crippen LogP contribution in [0.2, 0.25) is 0 Å². The molecule has 3 aromatic rings. The van der Waals surface area contributed by atoms with Gasteiger partial charge in [-0.05, 0) is 69.9 Å². The number of ether oxygens (including phenoxy) is 2. The number of esters is 1. The van der Waals surface area contributed by atoms with E-state index in [2.05, 4.69) is 10.3 Å². The number of aromatic nitrogens is 2. The number of carboxylic acid groups (broad SMARTS) is 2. The van der Waals surface area contributed by atoms with Crippen LogP contribution in [-0.4, -0.2) is 67.9 Å². The Morgan fingerprint density at radius 2 is 1.72 bits per heavy atom. The van der Waals surface area contributed by atoms with Crippen molar-refractivity contribution in [1.29, 1.82) is 0 Å². The normalized spacial score (nSPS) is 23.9. The molecule has 13 nitrogen and oxygen atoms in total. The Morgan fingerprint density at radius 3 is 2.36 bits per heavy atom. The Hall–Kier alpha value is -4.78. The van der Waals surface area contributed by atoms with Crippen LogP contribution >= 0.6 is 0 Å². The van der Waals surface area contributed by atoms with Crippen LogP contribution in [0, 0.1) is 20.9 Å². The molecule has 47 heavy (non-hydrogen) atoms. The molecule has 5 unspecified atom stereocenters. The number of non-ortho nitro benzene ring substituents is 1. The van der Waals surface area contributed by atoms with E-state index in [0.717, 1.165) is 32.2 Å². The third-order valence-corrected chi connectivity index (χ3v) is 9.54. The predicted molar refractivity (Wildman–Crippen MR) is 171 cm³/mol. The number of carboxylic acids is 2. The van der Waals surface area contributed by atoms with E-state index in [1.807, 2.05) is 10.8 Å². The monoisotopic (exact) mass is 650 g/mol. The molecule has 1 aliphatic heterocycles. The maximum absolute atomic E-state index is 13.2. The van der Waals surface area contributed by atoms with Crippen LogP contribution < -0.4 is 10.1 Å². The zero-order valence-electron chi connectivity index (χ0n) is 26.8. The lowest BCUT2D eigenvalue weighted by Crippen LogP contribution is -2.69. The molecular weight excluding hydrogens is 608 g/mol. The van der Waals surface area contributed by atoms with Gasteiger partial charge in [-0.3, -0.25) is 19.7 Å². The maximum Gasteiger partial charge on any atom is 0.338 e. The Morgan fingerprint density at radius 1 is 1.00 bits per heavy atom. The molecule has 13 heteroatoms. The van der Waals surface area contributed by atoms with Crippen molar-refractivity contribution in [2.75, 3.05) is 13.2 Å². The number of aryl methyl sites for hydroxylation is 1. The number of rotatable bonds is 16. The zero-order chi connectivity index (χ0) is 34.2. The van der Waals surface area contributed by atoms with E-state index in [9.17, 15) is 34.7 Å². The number of carbonyl (C=O) groups excluding carboxylic acids is 1. The van der Waals surface area contributed by atoms with E-state index in [1.165, 1.54) is 31.2 Å². The van der Waals surface area contributed by atoms with Crippen LogP contribution in [-0.2, 0) is 20.9 Å². The quantitative estimate of drug-likeness (QED) is 0.0791. The van der Waals surface area contributed by atoms with Crippen LogP contribution in [0.15, 0.2) is 67.3 Å². The summed E-state index contributed by atoms with van der Waals surface area (Å²) >= 11 is 0. The molecule has 0 aliphatic carbocycles. The molecule has 2 heterocycles. The third-order valence-electron chi connectivity index (χ3n) is 9.54. The van der Waals surface area contributed by atoms with Crippen molar-refractivity contribution in [3.8, 4) is 5.75 Å². The molecule has 1 aliphatic rings. The second kappa shape index (κ2) is 15.2. The standard InChI is InChI=1S/C34H42N4O9/c1-23-33(3,31(40)41)29(26-9-8-10-27(21-26)38(44)45)34(32(42)43,24(2)36-23)15-20-47-30(39)25-11-13-28(14-12-25)46-19-7-5-4-6-17-37-18-16-35-22-37/h8-14,16,18,21-24,29,36H,4-7,15,17,19-20H2,1-3H3,(H,40,41)(H,42,43). The Labute approximate surface area is 273 Å². The van der Waals surface area contributed by atoms with E-state index >= 15 is 0 Å². The van der Waals surface area contributed by atoms with E-state index in [4.69, 9.17) is 9.47 Å². The Bertz CT molecular complexity index is 1550. The highest BCUT2D eigenvalue weighted by atomic mass is 16.6. The summed E-state index contributed by atoms with van der Waals surface area (Å²) in [5.74, 6) is -3.83. The molecular formula is C34H42N4O9. The highest BCUT2D eigenvalue weighted by molar-refractivity contribution is 5.89. The Kier molecular flexibility index (Phi) is 11.3. The van der Waals surface area contributed by atoms with E-state index in [0.29, 0.717) is 12.4 Å². The number of nitrogens with one attached hydrogen (secondary N) is 1. The van der Waals surface area contributed by atoms with Crippen LogP contribution in [0.1, 0.15) is 74.7 Å². The molecule has 0 spiro atoms. The summed E-state index contributed by atoms with van der Waals surface area (Å²) in [6, 6.07) is 10.4. The predicted octanol–water partition coefficient (Wildman–Crippen LogP) is 5.30. The summed E-state index contributed by atoms with van der Waals surface area (Å²) in [4.78, 5) is 53.9. The molecule has 0 radical (unpaired) electrons. The molecule has 1 aromatic heterocycles. The topological polar surface area (TPSA) is 183 Å². The number of hydrogen-bond donors (Lipinski definition) is 3. The molecule has 0 bridgehead atoms. The number of piperidine rings is 1. The number of aliphatic carboxylic acids is 2. The minimum Gasteiger partial charge on any atom is -0.494 e. The SMILES string of the molecule is CC1NC(C)C(CCOC(=O)c2ccc(OCCCCCCn3ccnc3)cc2)(C(=O)O)C(c2cccc([N+](=O)[O-])c2)C1(C)C(=O)O. The first-order valence-corrected chi connectivity index (χ1v) is 15.7. The largest absolute Gasteiger partial charge is 0.494 e. The minimum absolute atomic E-state index is 0.211. The van der Waals surface area contributed by atoms with Gasteiger partial charge in [0, 0.05) is 49.1 Å². The fourth-order valence-corrected chi connectivity index (χ4v) is 6.72. The van der Waals surface area contributed by atoms with Crippen molar-refractivity contribution in [3.63, 3.8) is 0 Å². The fourth-order valence-electron chi connectivity index (χ4n) is 6.72. The molecule has 2 aromatic carbocycles. The fraction of sp³-hybridized carbons (Fsp3) is 0.471. The van der Waals surface area contributed by atoms with Crippen molar-refractivity contribution in [1.82, 2.24) is 14.9 Å². The van der Waals surface area contributed by atoms with Gasteiger partial charge < -0.3 is 29.6 Å². The lowest BCUT2D eigenvalue weighted by Gasteiger charge is -2.56. The smallest absolute Gasteiger partial charge is 0.338 e. The van der Waals surface area contributed by atoms with Crippen LogP contribution in [0.5, 0.6) is 5.75 Å². The summed E-state index contributed by atoms with van der Waals surface area (Å²) in [7, 11) is 0. The summed E-state index contributed by atoms with van der Waals surface area (Å²) in [6.45, 7) is 5.88. The molecule has 4 rings (SSSR count). The zero-order valence-corrected chi connectivity index (χ0v) is 26.8.